The Labute approximate surface area is 101 Å². The number of aryl methyl sites for hydroxylation is 1. The van der Waals surface area contributed by atoms with Crippen LogP contribution in [0.1, 0.15) is 11.4 Å². The van der Waals surface area contributed by atoms with Crippen molar-refractivity contribution in [1.29, 1.82) is 0 Å². The second-order valence-corrected chi connectivity index (χ2v) is 3.82. The fraction of sp³-hybridized carbons (Fsp3) is 0.231. The zero-order valence-electron chi connectivity index (χ0n) is 9.93. The number of nitrogens with zero attached hydrogens (tertiary/aromatic N) is 3. The molecule has 1 N–H and O–H groups in total. The van der Waals surface area contributed by atoms with Gasteiger partial charge in [-0.05, 0) is 19.1 Å². The Balaban J connectivity index is 2.13. The van der Waals surface area contributed by atoms with Crippen LogP contribution in [0, 0.1) is 6.92 Å². The minimum Gasteiger partial charge on any atom is -0.352 e. The average molecular weight is 228 g/mol. The fourth-order valence-electron chi connectivity index (χ4n) is 1.63. The predicted molar refractivity (Wildman–Crippen MR) is 69.0 cm³/mol. The van der Waals surface area contributed by atoms with Crippen LogP contribution in [0.5, 0.6) is 0 Å². The summed E-state index contributed by atoms with van der Waals surface area (Å²) in [4.78, 5) is 8.72. The van der Waals surface area contributed by atoms with Crippen molar-refractivity contribution in [3.63, 3.8) is 0 Å². The number of aromatic nitrogens is 3. The molecule has 0 unspecified atom stereocenters. The van der Waals surface area contributed by atoms with E-state index in [2.05, 4.69) is 21.9 Å². The summed E-state index contributed by atoms with van der Waals surface area (Å²) in [5, 5.41) is 3.18. The first-order valence-corrected chi connectivity index (χ1v) is 5.58. The molecule has 0 amide bonds. The molecule has 88 valence electrons. The number of hydrogen-bond acceptors (Lipinski definition) is 3. The highest BCUT2D eigenvalue weighted by atomic mass is 15.2. The van der Waals surface area contributed by atoms with Crippen molar-refractivity contribution in [2.24, 2.45) is 0 Å². The Kier molecular flexibility index (Phi) is 3.55. The first-order chi connectivity index (χ1) is 8.29. The lowest BCUT2D eigenvalue weighted by atomic mass is 10.3. The van der Waals surface area contributed by atoms with Gasteiger partial charge in [-0.1, -0.05) is 12.1 Å². The first kappa shape index (κ1) is 11.4. The van der Waals surface area contributed by atoms with Gasteiger partial charge in [-0.15, -0.1) is 6.58 Å². The molecule has 2 aromatic heterocycles. The third-order valence-electron chi connectivity index (χ3n) is 2.40. The number of hydrogen-bond donors (Lipinski definition) is 1. The monoisotopic (exact) mass is 228 g/mol. The lowest BCUT2D eigenvalue weighted by Gasteiger charge is -2.08. The molecule has 0 saturated heterocycles. The molecule has 4 heteroatoms. The second-order valence-electron chi connectivity index (χ2n) is 3.82. The summed E-state index contributed by atoms with van der Waals surface area (Å²) in [5.41, 5.74) is 2.06. The molecule has 17 heavy (non-hydrogen) atoms. The molecule has 4 nitrogen and oxygen atoms in total. The molecule has 0 bridgehead atoms. The van der Waals surface area contributed by atoms with Crippen LogP contribution in [0.2, 0.25) is 0 Å². The van der Waals surface area contributed by atoms with Gasteiger partial charge in [-0.2, -0.15) is 0 Å². The molecule has 0 spiro atoms. The minimum absolute atomic E-state index is 0.707. The van der Waals surface area contributed by atoms with Crippen molar-refractivity contribution in [2.45, 2.75) is 13.5 Å². The molecule has 0 fully saturated rings. The van der Waals surface area contributed by atoms with Crippen LogP contribution in [0.25, 0.3) is 0 Å². The van der Waals surface area contributed by atoms with Crippen molar-refractivity contribution in [3.05, 3.63) is 54.6 Å². The van der Waals surface area contributed by atoms with Gasteiger partial charge < -0.3 is 9.88 Å². The maximum absolute atomic E-state index is 4.47. The lowest BCUT2D eigenvalue weighted by Crippen LogP contribution is -2.08. The highest BCUT2D eigenvalue weighted by Gasteiger charge is 2.02. The zero-order valence-corrected chi connectivity index (χ0v) is 9.93. The number of imidazole rings is 1. The Morgan fingerprint density at radius 2 is 2.35 bits per heavy atom. The summed E-state index contributed by atoms with van der Waals surface area (Å²) in [6.45, 7) is 7.10. The number of pyridine rings is 1. The summed E-state index contributed by atoms with van der Waals surface area (Å²) >= 11 is 0. The molecule has 0 atom stereocenters. The van der Waals surface area contributed by atoms with Gasteiger partial charge in [-0.3, -0.25) is 4.98 Å². The molecule has 0 aliphatic rings. The van der Waals surface area contributed by atoms with E-state index >= 15 is 0 Å². The molecule has 2 heterocycles. The van der Waals surface area contributed by atoms with E-state index in [0.29, 0.717) is 6.54 Å². The topological polar surface area (TPSA) is 42.7 Å². The van der Waals surface area contributed by atoms with Crippen LogP contribution in [0.3, 0.4) is 0 Å². The normalized spacial score (nSPS) is 10.2. The summed E-state index contributed by atoms with van der Waals surface area (Å²) in [7, 11) is 0. The number of nitrogens with one attached hydrogen (secondary N) is 1. The van der Waals surface area contributed by atoms with Gasteiger partial charge >= 0.3 is 0 Å². The van der Waals surface area contributed by atoms with Crippen molar-refractivity contribution in [3.8, 4) is 0 Å². The van der Waals surface area contributed by atoms with Crippen molar-refractivity contribution in [2.75, 3.05) is 11.9 Å². The molecular formula is C13H16N4. The van der Waals surface area contributed by atoms with Crippen LogP contribution >= 0.6 is 0 Å². The van der Waals surface area contributed by atoms with Crippen LogP contribution in [0.4, 0.5) is 5.95 Å². The highest BCUT2D eigenvalue weighted by Crippen LogP contribution is 2.08. The van der Waals surface area contributed by atoms with Crippen LogP contribution < -0.4 is 5.32 Å². The van der Waals surface area contributed by atoms with E-state index in [1.165, 1.54) is 0 Å². The summed E-state index contributed by atoms with van der Waals surface area (Å²) in [6, 6.07) is 6.03. The smallest absolute Gasteiger partial charge is 0.203 e. The summed E-state index contributed by atoms with van der Waals surface area (Å²) in [6.07, 6.45) is 5.53. The van der Waals surface area contributed by atoms with Gasteiger partial charge in [-0.25, -0.2) is 4.98 Å². The van der Waals surface area contributed by atoms with E-state index in [4.69, 9.17) is 0 Å². The minimum atomic E-state index is 0.707. The Bertz CT molecular complexity index is 502. The second kappa shape index (κ2) is 5.30. The average Bonchev–Trinajstić information content (AvgIpc) is 2.74. The predicted octanol–water partition coefficient (Wildman–Crippen LogP) is 2.23. The van der Waals surface area contributed by atoms with E-state index in [0.717, 1.165) is 23.9 Å². The maximum atomic E-state index is 4.47. The third-order valence-corrected chi connectivity index (χ3v) is 2.40. The van der Waals surface area contributed by atoms with E-state index in [1.807, 2.05) is 42.0 Å². The van der Waals surface area contributed by atoms with Gasteiger partial charge in [0.15, 0.2) is 0 Å². The zero-order chi connectivity index (χ0) is 12.1. The SMILES string of the molecule is C=CCNc1nccn1Cc1cccc(C)n1. The molecule has 0 aliphatic heterocycles. The van der Waals surface area contributed by atoms with Gasteiger partial charge in [0.25, 0.3) is 0 Å². The number of anilines is 1. The van der Waals surface area contributed by atoms with Crippen LogP contribution in [-0.2, 0) is 6.54 Å². The Morgan fingerprint density at radius 1 is 1.47 bits per heavy atom. The van der Waals surface area contributed by atoms with Gasteiger partial charge in [0.1, 0.15) is 0 Å². The van der Waals surface area contributed by atoms with Gasteiger partial charge in [0.05, 0.1) is 12.2 Å². The van der Waals surface area contributed by atoms with Gasteiger partial charge in [0.2, 0.25) is 5.95 Å². The highest BCUT2D eigenvalue weighted by molar-refractivity contribution is 5.28. The number of rotatable bonds is 5. The molecule has 0 aliphatic carbocycles. The van der Waals surface area contributed by atoms with E-state index in [-0.39, 0.29) is 0 Å². The molecule has 0 aromatic carbocycles. The van der Waals surface area contributed by atoms with Crippen molar-refractivity contribution >= 4 is 5.95 Å². The first-order valence-electron chi connectivity index (χ1n) is 5.58. The lowest BCUT2D eigenvalue weighted by molar-refractivity contribution is 0.774. The maximum Gasteiger partial charge on any atom is 0.203 e. The Morgan fingerprint density at radius 3 is 3.12 bits per heavy atom. The van der Waals surface area contributed by atoms with Crippen LogP contribution in [0.15, 0.2) is 43.2 Å². The van der Waals surface area contributed by atoms with Crippen molar-refractivity contribution < 1.29 is 0 Å². The van der Waals surface area contributed by atoms with E-state index < -0.39 is 0 Å². The quantitative estimate of drug-likeness (QED) is 0.798. The molecule has 0 saturated carbocycles. The van der Waals surface area contributed by atoms with E-state index in [1.54, 1.807) is 6.20 Å². The molecule has 2 aromatic rings. The standard InChI is InChI=1S/C13H16N4/c1-3-7-14-13-15-8-9-17(13)10-12-6-4-5-11(2)16-12/h3-6,8-9H,1,7,10H2,2H3,(H,14,15). The van der Waals surface area contributed by atoms with Crippen molar-refractivity contribution in [1.82, 2.24) is 14.5 Å². The molecule has 0 radical (unpaired) electrons. The fourth-order valence-corrected chi connectivity index (χ4v) is 1.63. The molecule has 2 rings (SSSR count). The Hall–Kier alpha value is -2.10. The van der Waals surface area contributed by atoms with Crippen LogP contribution in [-0.4, -0.2) is 21.1 Å². The third kappa shape index (κ3) is 2.93. The summed E-state index contributed by atoms with van der Waals surface area (Å²) in [5.74, 6) is 0.841. The van der Waals surface area contributed by atoms with E-state index in [9.17, 15) is 0 Å². The largest absolute Gasteiger partial charge is 0.352 e. The van der Waals surface area contributed by atoms with Gasteiger partial charge in [0, 0.05) is 24.6 Å². The molecular weight excluding hydrogens is 212 g/mol. The summed E-state index contributed by atoms with van der Waals surface area (Å²) < 4.78 is 2.03.